The van der Waals surface area contributed by atoms with Crippen LogP contribution in [0.2, 0.25) is 0 Å². The number of carbonyl (C=O) groups is 2. The van der Waals surface area contributed by atoms with Crippen molar-refractivity contribution in [3.8, 4) is 16.9 Å². The molecule has 0 aliphatic rings. The van der Waals surface area contributed by atoms with Crippen LogP contribution in [0.5, 0.6) is 5.75 Å². The van der Waals surface area contributed by atoms with Crippen LogP contribution in [0.3, 0.4) is 0 Å². The molecule has 10 heteroatoms. The Bertz CT molecular complexity index is 2090. The predicted octanol–water partition coefficient (Wildman–Crippen LogP) is 8.15. The number of nitrogens with zero attached hydrogens (tertiary/aromatic N) is 2. The molecule has 0 spiro atoms. The van der Waals surface area contributed by atoms with E-state index >= 15 is 0 Å². The van der Waals surface area contributed by atoms with Crippen molar-refractivity contribution in [2.24, 2.45) is 0 Å². The Hall–Kier alpha value is -5.61. The molecule has 0 amide bonds. The molecule has 250 valence electrons. The molecule has 0 aliphatic heterocycles. The van der Waals surface area contributed by atoms with Gasteiger partial charge in [0.1, 0.15) is 5.75 Å². The van der Waals surface area contributed by atoms with E-state index in [4.69, 9.17) is 4.74 Å². The minimum Gasteiger partial charge on any atom is -0.497 e. The fourth-order valence-corrected chi connectivity index (χ4v) is 6.80. The van der Waals surface area contributed by atoms with E-state index in [0.29, 0.717) is 37.1 Å². The van der Waals surface area contributed by atoms with Crippen LogP contribution in [-0.2, 0) is 19.4 Å². The van der Waals surface area contributed by atoms with Crippen LogP contribution >= 0.6 is 0 Å². The topological polar surface area (TPSA) is 151 Å². The first-order valence-corrected chi connectivity index (χ1v) is 16.3. The molecule has 0 bridgehead atoms. The summed E-state index contributed by atoms with van der Waals surface area (Å²) in [5, 5.41) is 23.8. The number of carbonyl (C=O) groups excluding carboxylic acids is 2. The number of hydrogen-bond donors (Lipinski definition) is 3. The van der Waals surface area contributed by atoms with Crippen LogP contribution in [-0.4, -0.2) is 43.7 Å². The number of nitrogens with one attached hydrogen (secondary N) is 2. The Morgan fingerprint density at radius 2 is 1.41 bits per heavy atom. The Balaban J connectivity index is 1.31. The summed E-state index contributed by atoms with van der Waals surface area (Å²) in [6, 6.07) is 17.8. The number of rotatable bonds is 14. The first-order chi connectivity index (χ1) is 23.7. The van der Waals surface area contributed by atoms with Gasteiger partial charge in [-0.3, -0.25) is 24.7 Å². The second-order valence-electron chi connectivity index (χ2n) is 12.3. The third-order valence-electron chi connectivity index (χ3n) is 9.18. The Morgan fingerprint density at radius 3 is 1.98 bits per heavy atom. The lowest BCUT2D eigenvalue weighted by atomic mass is 9.86. The molecule has 3 aromatic carbocycles. The van der Waals surface area contributed by atoms with E-state index in [1.54, 1.807) is 39.2 Å². The van der Waals surface area contributed by atoms with Gasteiger partial charge in [0.2, 0.25) is 0 Å². The first-order valence-electron chi connectivity index (χ1n) is 16.3. The van der Waals surface area contributed by atoms with Gasteiger partial charge < -0.3 is 19.8 Å². The molecular formula is C39H38N4O6. The fraction of sp³-hybridized carbons (Fsp3) is 0.256. The van der Waals surface area contributed by atoms with Crippen LogP contribution in [0.1, 0.15) is 74.5 Å². The van der Waals surface area contributed by atoms with Crippen LogP contribution in [0.4, 0.5) is 5.69 Å². The highest BCUT2D eigenvalue weighted by Gasteiger charge is 2.29. The summed E-state index contributed by atoms with van der Waals surface area (Å²) in [5.74, 6) is 0.299. The number of fused-ring (bicyclic) bond motifs is 2. The fourth-order valence-electron chi connectivity index (χ4n) is 6.80. The van der Waals surface area contributed by atoms with Crippen molar-refractivity contribution < 1.29 is 24.4 Å². The zero-order chi connectivity index (χ0) is 34.7. The minimum atomic E-state index is -0.480. The number of aliphatic hydroxyl groups is 1. The molecule has 0 fully saturated rings. The van der Waals surface area contributed by atoms with Gasteiger partial charge in [0, 0.05) is 81.2 Å². The number of ketones is 2. The molecule has 0 unspecified atom stereocenters. The normalized spacial score (nSPS) is 11.3. The van der Waals surface area contributed by atoms with Gasteiger partial charge in [-0.15, -0.1) is 0 Å². The number of hydrogen-bond acceptors (Lipinski definition) is 7. The van der Waals surface area contributed by atoms with E-state index in [1.165, 1.54) is 6.07 Å². The minimum absolute atomic E-state index is 0.0630. The SMILES string of the molecule is COc1ccc2[nH]cc(CCCC(=O)c3c(C)nc(C)c(C(=O)CCCc4c[nH]c5ccc(CO)cc45)c3-c3ccccc3[N+](=O)[O-])c2c1. The summed E-state index contributed by atoms with van der Waals surface area (Å²) in [7, 11) is 1.62. The number of methoxy groups -OCH3 is 1. The van der Waals surface area contributed by atoms with Gasteiger partial charge in [-0.1, -0.05) is 18.2 Å². The zero-order valence-corrected chi connectivity index (χ0v) is 27.8. The van der Waals surface area contributed by atoms with Crippen LogP contribution in [0.15, 0.2) is 73.1 Å². The largest absolute Gasteiger partial charge is 0.497 e. The molecule has 49 heavy (non-hydrogen) atoms. The summed E-state index contributed by atoms with van der Waals surface area (Å²) < 4.78 is 5.39. The molecule has 3 heterocycles. The van der Waals surface area contributed by atoms with E-state index < -0.39 is 4.92 Å². The Morgan fingerprint density at radius 1 is 0.837 bits per heavy atom. The maximum Gasteiger partial charge on any atom is 0.277 e. The predicted molar refractivity (Wildman–Crippen MR) is 189 cm³/mol. The molecule has 0 radical (unpaired) electrons. The summed E-state index contributed by atoms with van der Waals surface area (Å²) in [6.07, 6.45) is 6.43. The number of aliphatic hydroxyl groups excluding tert-OH is 1. The Labute approximate surface area is 283 Å². The van der Waals surface area contributed by atoms with Crippen molar-refractivity contribution in [2.75, 3.05) is 7.11 Å². The second-order valence-corrected chi connectivity index (χ2v) is 12.3. The molecule has 6 aromatic rings. The summed E-state index contributed by atoms with van der Waals surface area (Å²) >= 11 is 0. The number of aromatic amines is 2. The van der Waals surface area contributed by atoms with Gasteiger partial charge in [-0.05, 0) is 92.6 Å². The van der Waals surface area contributed by atoms with E-state index in [9.17, 15) is 24.8 Å². The molecule has 10 nitrogen and oxygen atoms in total. The number of aryl methyl sites for hydroxylation is 4. The van der Waals surface area contributed by atoms with Crippen molar-refractivity contribution in [3.63, 3.8) is 0 Å². The van der Waals surface area contributed by atoms with Crippen LogP contribution in [0, 0.1) is 24.0 Å². The quantitative estimate of drug-likeness (QED) is 0.0607. The van der Waals surface area contributed by atoms with Gasteiger partial charge in [-0.2, -0.15) is 0 Å². The number of benzene rings is 3. The number of para-hydroxylation sites is 1. The highest BCUT2D eigenvalue weighted by Crippen LogP contribution is 2.38. The maximum atomic E-state index is 14.1. The summed E-state index contributed by atoms with van der Waals surface area (Å²) in [4.78, 5) is 51.1. The molecule has 3 aromatic heterocycles. The molecule has 6 rings (SSSR count). The van der Waals surface area contributed by atoms with E-state index in [2.05, 4.69) is 15.0 Å². The lowest BCUT2D eigenvalue weighted by molar-refractivity contribution is -0.384. The van der Waals surface area contributed by atoms with Crippen LogP contribution < -0.4 is 4.74 Å². The van der Waals surface area contributed by atoms with Crippen molar-refractivity contribution in [1.82, 2.24) is 15.0 Å². The number of pyridine rings is 1. The molecule has 3 N–H and O–H groups in total. The maximum absolute atomic E-state index is 14.1. The summed E-state index contributed by atoms with van der Waals surface area (Å²) in [5.41, 5.74) is 6.49. The van der Waals surface area contributed by atoms with Gasteiger partial charge in [0.15, 0.2) is 11.6 Å². The number of Topliss-reactive ketones (excluding diaryl/α,β-unsaturated/α-hetero) is 2. The summed E-state index contributed by atoms with van der Waals surface area (Å²) in [6.45, 7) is 3.37. The lowest BCUT2D eigenvalue weighted by Crippen LogP contribution is -2.15. The smallest absolute Gasteiger partial charge is 0.277 e. The lowest BCUT2D eigenvalue weighted by Gasteiger charge is -2.18. The number of nitro groups is 1. The zero-order valence-electron chi connectivity index (χ0n) is 27.8. The van der Waals surface area contributed by atoms with Crippen molar-refractivity contribution >= 4 is 39.1 Å². The van der Waals surface area contributed by atoms with Crippen molar-refractivity contribution in [3.05, 3.63) is 122 Å². The molecule has 0 aliphatic carbocycles. The van der Waals surface area contributed by atoms with Gasteiger partial charge >= 0.3 is 0 Å². The highest BCUT2D eigenvalue weighted by atomic mass is 16.6. The second kappa shape index (κ2) is 14.2. The number of ether oxygens (including phenoxy) is 1. The number of nitro benzene ring substituents is 1. The van der Waals surface area contributed by atoms with Gasteiger partial charge in [0.05, 0.1) is 24.2 Å². The number of H-pyrrole nitrogens is 2. The standard InChI is InChI=1S/C39H38N4O6/c1-23-37(35(45)12-6-8-26-20-40-32-16-14-25(22-44)18-30(26)32)39(29-10-4-5-11-34(29)43(47)48)38(24(2)42-23)36(46)13-7-9-27-21-41-33-17-15-28(49-3)19-31(27)33/h4-5,10-11,14-21,40-41,44H,6-9,12-13,22H2,1-3H3. The van der Waals surface area contributed by atoms with E-state index in [1.807, 2.05) is 48.8 Å². The number of aromatic nitrogens is 3. The van der Waals surface area contributed by atoms with Crippen molar-refractivity contribution in [1.29, 1.82) is 0 Å². The monoisotopic (exact) mass is 658 g/mol. The highest BCUT2D eigenvalue weighted by molar-refractivity contribution is 6.12. The molecule has 0 saturated heterocycles. The molecular weight excluding hydrogens is 620 g/mol. The molecule has 0 saturated carbocycles. The van der Waals surface area contributed by atoms with Gasteiger partial charge in [-0.25, -0.2) is 0 Å². The average molecular weight is 659 g/mol. The van der Waals surface area contributed by atoms with E-state index in [0.717, 1.165) is 44.2 Å². The molecule has 0 atom stereocenters. The third-order valence-corrected chi connectivity index (χ3v) is 9.18. The third kappa shape index (κ3) is 6.73. The van der Waals surface area contributed by atoms with Crippen LogP contribution in [0.25, 0.3) is 32.9 Å². The average Bonchev–Trinajstić information content (AvgIpc) is 3.70. The Kier molecular flexibility index (Phi) is 9.68. The van der Waals surface area contributed by atoms with Gasteiger partial charge in [0.25, 0.3) is 5.69 Å². The van der Waals surface area contributed by atoms with Crippen molar-refractivity contribution in [2.45, 2.75) is 59.0 Å². The first kappa shape index (κ1) is 33.3. The van der Waals surface area contributed by atoms with E-state index in [-0.39, 0.29) is 59.0 Å².